The van der Waals surface area contributed by atoms with Crippen molar-refractivity contribution in [2.24, 2.45) is 9.98 Å². The SMILES string of the molecule is Cc1cc(NC(=O)c2ccc(C3=CCN(C(=NC(=O)OC(C)(C)C)NC(=O)OC(C)(C)C)CC3)cc2)ccc1N1CCN(C(=NC(=O)OC(C)(C)C)NC(=O)OC(C)(C)C)CC1. The number of anilines is 2. The average molecular weight is 861 g/mol. The van der Waals surface area contributed by atoms with E-state index >= 15 is 0 Å². The zero-order valence-electron chi connectivity index (χ0n) is 38.5. The highest BCUT2D eigenvalue weighted by Gasteiger charge is 2.28. The minimum absolute atomic E-state index is 0.0343. The second-order valence-corrected chi connectivity index (χ2v) is 19.0. The van der Waals surface area contributed by atoms with Gasteiger partial charge in [-0.3, -0.25) is 15.4 Å². The minimum Gasteiger partial charge on any atom is -0.444 e. The molecule has 0 atom stereocenters. The fourth-order valence-corrected chi connectivity index (χ4v) is 6.30. The van der Waals surface area contributed by atoms with Gasteiger partial charge in [-0.15, -0.1) is 9.98 Å². The van der Waals surface area contributed by atoms with Gasteiger partial charge in [-0.25, -0.2) is 19.2 Å². The molecule has 17 nitrogen and oxygen atoms in total. The average Bonchev–Trinajstić information content (AvgIpc) is 3.11. The van der Waals surface area contributed by atoms with Crippen molar-refractivity contribution in [2.75, 3.05) is 49.5 Å². The first-order chi connectivity index (χ1) is 28.6. The summed E-state index contributed by atoms with van der Waals surface area (Å²) in [7, 11) is 0. The standard InChI is InChI=1S/C45H64N8O9/c1-29-28-33(18-19-34(29)51-24-26-53(27-25-51)37(49-40(57)61-44(8,9)10)50-41(58)62-45(11,12)13)46-35(54)32-16-14-30(15-17-32)31-20-22-52(23-21-31)36(47-38(55)59-42(2,3)4)48-39(56)60-43(5,6)7/h14-20,28H,21-27H2,1-13H3,(H,46,54)(H,47,48,55,56)(H,49,50,57,58). The van der Waals surface area contributed by atoms with Gasteiger partial charge in [0.25, 0.3) is 5.91 Å². The normalized spacial score (nSPS) is 15.6. The maximum Gasteiger partial charge on any atom is 0.437 e. The first-order valence-electron chi connectivity index (χ1n) is 20.7. The number of carbonyl (C=O) groups is 5. The molecule has 17 heteroatoms. The minimum atomic E-state index is -0.830. The molecule has 0 radical (unpaired) electrons. The van der Waals surface area contributed by atoms with Crippen molar-refractivity contribution >= 4 is 59.1 Å². The van der Waals surface area contributed by atoms with Crippen LogP contribution in [0.5, 0.6) is 0 Å². The summed E-state index contributed by atoms with van der Waals surface area (Å²) in [5, 5.41) is 8.24. The number of alkyl carbamates (subject to hydrolysis) is 2. The third-order valence-electron chi connectivity index (χ3n) is 8.81. The Kier molecular flexibility index (Phi) is 15.4. The molecule has 0 aromatic heterocycles. The number of ether oxygens (including phenoxy) is 4. The second kappa shape index (κ2) is 19.7. The van der Waals surface area contributed by atoms with Crippen molar-refractivity contribution in [3.63, 3.8) is 0 Å². The quantitative estimate of drug-likeness (QED) is 0.152. The van der Waals surface area contributed by atoms with Crippen LogP contribution in [0.2, 0.25) is 0 Å². The van der Waals surface area contributed by atoms with E-state index in [1.807, 2.05) is 48.2 Å². The van der Waals surface area contributed by atoms with Gasteiger partial charge in [0.15, 0.2) is 0 Å². The van der Waals surface area contributed by atoms with Crippen LogP contribution in [0.1, 0.15) is 111 Å². The second-order valence-electron chi connectivity index (χ2n) is 19.0. The summed E-state index contributed by atoms with van der Waals surface area (Å²) in [5.74, 6) is -0.165. The maximum atomic E-state index is 13.3. The van der Waals surface area contributed by atoms with Gasteiger partial charge in [0.1, 0.15) is 22.4 Å². The summed E-state index contributed by atoms with van der Waals surface area (Å²) in [6.07, 6.45) is -0.542. The number of nitrogens with zero attached hydrogens (tertiary/aromatic N) is 5. The largest absolute Gasteiger partial charge is 0.444 e. The van der Waals surface area contributed by atoms with Crippen molar-refractivity contribution in [3.05, 3.63) is 65.2 Å². The molecule has 2 aromatic carbocycles. The summed E-state index contributed by atoms with van der Waals surface area (Å²) in [6, 6.07) is 13.1. The van der Waals surface area contributed by atoms with Crippen molar-refractivity contribution in [1.29, 1.82) is 0 Å². The Morgan fingerprint density at radius 3 is 1.52 bits per heavy atom. The first kappa shape index (κ1) is 48.5. The smallest absolute Gasteiger partial charge is 0.437 e. The van der Waals surface area contributed by atoms with Crippen LogP contribution in [0.15, 0.2) is 58.5 Å². The van der Waals surface area contributed by atoms with E-state index in [4.69, 9.17) is 18.9 Å². The van der Waals surface area contributed by atoms with E-state index in [2.05, 4.69) is 30.8 Å². The summed E-state index contributed by atoms with van der Waals surface area (Å²) in [6.45, 7) is 25.7. The molecule has 2 heterocycles. The maximum absolute atomic E-state index is 13.3. The number of benzene rings is 2. The lowest BCUT2D eigenvalue weighted by atomic mass is 9.98. The van der Waals surface area contributed by atoms with Crippen LogP contribution in [0, 0.1) is 6.92 Å². The van der Waals surface area contributed by atoms with Crippen molar-refractivity contribution in [2.45, 2.75) is 119 Å². The molecule has 2 aliphatic rings. The molecule has 0 unspecified atom stereocenters. The number of hydrogen-bond acceptors (Lipinski definition) is 10. The molecule has 0 saturated carbocycles. The van der Waals surface area contributed by atoms with Crippen molar-refractivity contribution in [3.8, 4) is 0 Å². The van der Waals surface area contributed by atoms with Gasteiger partial charge in [-0.2, -0.15) is 0 Å². The Morgan fingerprint density at radius 1 is 0.597 bits per heavy atom. The van der Waals surface area contributed by atoms with Crippen molar-refractivity contribution in [1.82, 2.24) is 20.4 Å². The van der Waals surface area contributed by atoms with Crippen LogP contribution < -0.4 is 20.9 Å². The van der Waals surface area contributed by atoms with E-state index < -0.39 is 46.8 Å². The third-order valence-corrected chi connectivity index (χ3v) is 8.81. The molecule has 62 heavy (non-hydrogen) atoms. The Morgan fingerprint density at radius 2 is 1.08 bits per heavy atom. The number of aliphatic imine (C=N–C) groups is 2. The molecular formula is C45H64N8O9. The molecular weight excluding hydrogens is 797 g/mol. The number of aryl methyl sites for hydroxylation is 1. The first-order valence-corrected chi connectivity index (χ1v) is 20.7. The van der Waals surface area contributed by atoms with Gasteiger partial charge in [0.2, 0.25) is 11.9 Å². The summed E-state index contributed by atoms with van der Waals surface area (Å²) in [4.78, 5) is 77.7. The third kappa shape index (κ3) is 16.0. The molecule has 0 aliphatic carbocycles. The fourth-order valence-electron chi connectivity index (χ4n) is 6.30. The lowest BCUT2D eigenvalue weighted by Crippen LogP contribution is -2.54. The molecule has 338 valence electrons. The van der Waals surface area contributed by atoms with Crippen LogP contribution in [0.25, 0.3) is 5.57 Å². The van der Waals surface area contributed by atoms with Crippen LogP contribution in [-0.2, 0) is 18.9 Å². The molecule has 5 amide bonds. The highest BCUT2D eigenvalue weighted by Crippen LogP contribution is 2.27. The van der Waals surface area contributed by atoms with Gasteiger partial charge in [0, 0.05) is 56.2 Å². The predicted molar refractivity (Wildman–Crippen MR) is 240 cm³/mol. The molecule has 1 saturated heterocycles. The van der Waals surface area contributed by atoms with Gasteiger partial charge >= 0.3 is 24.4 Å². The zero-order chi connectivity index (χ0) is 46.2. The highest BCUT2D eigenvalue weighted by atomic mass is 16.6. The van der Waals surface area contributed by atoms with Crippen LogP contribution in [0.4, 0.5) is 30.6 Å². The number of amides is 5. The summed E-state index contributed by atoms with van der Waals surface area (Å²) in [5.41, 5.74) is 2.04. The van der Waals surface area contributed by atoms with E-state index in [0.717, 1.165) is 22.4 Å². The molecule has 4 rings (SSSR count). The number of piperazine rings is 1. The Bertz CT molecular complexity index is 2060. The van der Waals surface area contributed by atoms with E-state index in [-0.39, 0.29) is 17.8 Å². The lowest BCUT2D eigenvalue weighted by Gasteiger charge is -2.38. The van der Waals surface area contributed by atoms with E-state index in [1.54, 1.807) is 100 Å². The van der Waals surface area contributed by atoms with Gasteiger partial charge in [-0.05, 0) is 143 Å². The lowest BCUT2D eigenvalue weighted by molar-refractivity contribution is 0.0536. The summed E-state index contributed by atoms with van der Waals surface area (Å²) >= 11 is 0. The number of rotatable bonds is 4. The monoisotopic (exact) mass is 860 g/mol. The van der Waals surface area contributed by atoms with Crippen LogP contribution in [0.3, 0.4) is 0 Å². The fraction of sp³-hybridized carbons (Fsp3) is 0.533. The highest BCUT2D eigenvalue weighted by molar-refractivity contribution is 6.05. The molecule has 2 aliphatic heterocycles. The number of nitrogens with one attached hydrogen (secondary N) is 3. The molecule has 1 fully saturated rings. The van der Waals surface area contributed by atoms with Crippen molar-refractivity contribution < 1.29 is 42.9 Å². The molecule has 2 aromatic rings. The van der Waals surface area contributed by atoms with Crippen LogP contribution in [-0.4, -0.2) is 114 Å². The van der Waals surface area contributed by atoms with Gasteiger partial charge in [0.05, 0.1) is 0 Å². The predicted octanol–water partition coefficient (Wildman–Crippen LogP) is 8.09. The molecule has 3 N–H and O–H groups in total. The molecule has 0 spiro atoms. The van der Waals surface area contributed by atoms with E-state index in [0.29, 0.717) is 56.9 Å². The van der Waals surface area contributed by atoms with Crippen LogP contribution >= 0.6 is 0 Å². The zero-order valence-corrected chi connectivity index (χ0v) is 38.5. The number of carbonyl (C=O) groups excluding carboxylic acids is 5. The Labute approximate surface area is 365 Å². The van der Waals surface area contributed by atoms with Gasteiger partial charge in [-0.1, -0.05) is 18.2 Å². The summed E-state index contributed by atoms with van der Waals surface area (Å²) < 4.78 is 21.5. The topological polar surface area (TPSA) is 193 Å². The number of guanidine groups is 2. The Balaban J connectivity index is 1.37. The van der Waals surface area contributed by atoms with E-state index in [9.17, 15) is 24.0 Å². The van der Waals surface area contributed by atoms with Gasteiger partial charge < -0.3 is 39.0 Å². The Hall–Kier alpha value is -6.13. The molecule has 0 bridgehead atoms. The van der Waals surface area contributed by atoms with E-state index in [1.165, 1.54) is 0 Å². The number of hydrogen-bond donors (Lipinski definition) is 3.